The quantitative estimate of drug-likeness (QED) is 0.602. The van der Waals surface area contributed by atoms with Crippen LogP contribution in [0.15, 0.2) is 0 Å². The summed E-state index contributed by atoms with van der Waals surface area (Å²) in [5, 5.41) is 0. The smallest absolute Gasteiger partial charge is 0.158 e. The Labute approximate surface area is 67.7 Å². The van der Waals surface area contributed by atoms with Crippen molar-refractivity contribution in [3.63, 3.8) is 0 Å². The molecule has 3 heteroatoms. The van der Waals surface area contributed by atoms with Gasteiger partial charge in [-0.2, -0.15) is 0 Å². The van der Waals surface area contributed by atoms with Gasteiger partial charge in [-0.05, 0) is 20.8 Å². The highest BCUT2D eigenvalue weighted by Gasteiger charge is 2.11. The second kappa shape index (κ2) is 5.27. The van der Waals surface area contributed by atoms with E-state index in [1.165, 1.54) is 6.92 Å². The van der Waals surface area contributed by atoms with Gasteiger partial charge in [-0.25, -0.2) is 0 Å². The Balaban J connectivity index is 3.56. The van der Waals surface area contributed by atoms with Gasteiger partial charge in [0.15, 0.2) is 5.78 Å². The molecule has 0 aliphatic rings. The maximum atomic E-state index is 10.7. The van der Waals surface area contributed by atoms with E-state index in [4.69, 9.17) is 9.47 Å². The Morgan fingerprint density at radius 1 is 1.45 bits per heavy atom. The van der Waals surface area contributed by atoms with E-state index in [0.29, 0.717) is 6.61 Å². The van der Waals surface area contributed by atoms with Crippen LogP contribution in [-0.4, -0.2) is 31.7 Å². The van der Waals surface area contributed by atoms with E-state index in [1.807, 2.05) is 6.92 Å². The van der Waals surface area contributed by atoms with Crippen molar-refractivity contribution < 1.29 is 14.3 Å². The Kier molecular flexibility index (Phi) is 5.07. The molecule has 0 saturated heterocycles. The summed E-state index contributed by atoms with van der Waals surface area (Å²) in [5.74, 6) is 0.0490. The van der Waals surface area contributed by atoms with Crippen LogP contribution in [0.4, 0.5) is 0 Å². The number of carbonyl (C=O) groups excluding carboxylic acids is 1. The second-order valence-corrected chi connectivity index (χ2v) is 2.65. The summed E-state index contributed by atoms with van der Waals surface area (Å²) in [4.78, 5) is 10.7. The summed E-state index contributed by atoms with van der Waals surface area (Å²) in [5.41, 5.74) is 0. The molecule has 11 heavy (non-hydrogen) atoms. The Bertz CT molecular complexity index is 123. The molecule has 0 heterocycles. The molecule has 0 amide bonds. The Hall–Kier alpha value is -0.410. The lowest BCUT2D eigenvalue weighted by Gasteiger charge is -2.15. The number of ether oxygens (including phenoxy) is 2. The minimum Gasteiger partial charge on any atom is -0.382 e. The summed E-state index contributed by atoms with van der Waals surface area (Å²) >= 11 is 0. The van der Waals surface area contributed by atoms with Crippen molar-refractivity contribution >= 4 is 5.78 Å². The van der Waals surface area contributed by atoms with E-state index in [2.05, 4.69) is 0 Å². The topological polar surface area (TPSA) is 35.5 Å². The summed E-state index contributed by atoms with van der Waals surface area (Å²) in [7, 11) is 1.61. The maximum Gasteiger partial charge on any atom is 0.158 e. The number of Topliss-reactive ketones (excluding diaryl/α,β-unsaturated/α-hetero) is 1. The number of hydrogen-bond acceptors (Lipinski definition) is 3. The highest BCUT2D eigenvalue weighted by Crippen LogP contribution is 1.98. The normalized spacial score (nSPS) is 16.0. The molecule has 2 atom stereocenters. The van der Waals surface area contributed by atoms with Crippen LogP contribution in [0, 0.1) is 0 Å². The largest absolute Gasteiger partial charge is 0.382 e. The summed E-state index contributed by atoms with van der Waals surface area (Å²) in [6.45, 7) is 5.67. The molecule has 0 N–H and O–H groups in total. The molecule has 0 aliphatic carbocycles. The zero-order valence-corrected chi connectivity index (χ0v) is 7.59. The van der Waals surface area contributed by atoms with Crippen LogP contribution >= 0.6 is 0 Å². The molecular weight excluding hydrogens is 144 g/mol. The molecule has 0 aromatic rings. The molecule has 0 aromatic carbocycles. The lowest BCUT2D eigenvalue weighted by Crippen LogP contribution is -2.26. The third kappa shape index (κ3) is 4.93. The van der Waals surface area contributed by atoms with Gasteiger partial charge in [0.2, 0.25) is 0 Å². The molecule has 0 bridgehead atoms. The molecular formula is C8H16O3. The molecule has 2 unspecified atom stereocenters. The van der Waals surface area contributed by atoms with Gasteiger partial charge in [-0.15, -0.1) is 0 Å². The van der Waals surface area contributed by atoms with Crippen molar-refractivity contribution in [2.75, 3.05) is 13.7 Å². The van der Waals surface area contributed by atoms with Crippen LogP contribution in [0.5, 0.6) is 0 Å². The van der Waals surface area contributed by atoms with E-state index in [0.717, 1.165) is 0 Å². The lowest BCUT2D eigenvalue weighted by atomic mass is 10.3. The first-order chi connectivity index (χ1) is 5.07. The predicted molar refractivity (Wildman–Crippen MR) is 42.6 cm³/mol. The number of hydrogen-bond donors (Lipinski definition) is 0. The number of rotatable bonds is 5. The van der Waals surface area contributed by atoms with Crippen molar-refractivity contribution in [3.8, 4) is 0 Å². The second-order valence-electron chi connectivity index (χ2n) is 2.65. The van der Waals surface area contributed by atoms with Gasteiger partial charge in [-0.3, -0.25) is 4.79 Å². The van der Waals surface area contributed by atoms with E-state index < -0.39 is 0 Å². The minimum absolute atomic E-state index is 0.0149. The average Bonchev–Trinajstić information content (AvgIpc) is 1.87. The Morgan fingerprint density at radius 3 is 2.36 bits per heavy atom. The third-order valence-corrected chi connectivity index (χ3v) is 1.41. The standard InChI is InChI=1S/C8H16O3/c1-6(5-10-4)11-8(3)7(2)9/h6,8H,5H2,1-4H3. The first-order valence-electron chi connectivity index (χ1n) is 3.72. The van der Waals surface area contributed by atoms with Crippen molar-refractivity contribution in [2.45, 2.75) is 33.0 Å². The third-order valence-electron chi connectivity index (χ3n) is 1.41. The van der Waals surface area contributed by atoms with Crippen LogP contribution in [0.1, 0.15) is 20.8 Å². The maximum absolute atomic E-state index is 10.7. The molecule has 0 radical (unpaired) electrons. The molecule has 0 saturated carbocycles. The molecule has 3 nitrogen and oxygen atoms in total. The lowest BCUT2D eigenvalue weighted by molar-refractivity contribution is -0.132. The summed E-state index contributed by atoms with van der Waals surface area (Å²) in [6.07, 6.45) is -0.334. The fraction of sp³-hybridized carbons (Fsp3) is 0.875. The SMILES string of the molecule is COCC(C)OC(C)C(C)=O. The zero-order chi connectivity index (χ0) is 8.85. The van der Waals surface area contributed by atoms with Gasteiger partial charge >= 0.3 is 0 Å². The van der Waals surface area contributed by atoms with Crippen LogP contribution in [0.3, 0.4) is 0 Å². The van der Waals surface area contributed by atoms with Crippen LogP contribution in [-0.2, 0) is 14.3 Å². The molecule has 0 aromatic heterocycles. The Morgan fingerprint density at radius 2 is 2.00 bits per heavy atom. The highest BCUT2D eigenvalue weighted by molar-refractivity contribution is 5.79. The van der Waals surface area contributed by atoms with E-state index in [-0.39, 0.29) is 18.0 Å². The van der Waals surface area contributed by atoms with Crippen LogP contribution in [0.25, 0.3) is 0 Å². The van der Waals surface area contributed by atoms with Gasteiger partial charge in [-0.1, -0.05) is 0 Å². The summed E-state index contributed by atoms with van der Waals surface area (Å²) in [6, 6.07) is 0. The van der Waals surface area contributed by atoms with Gasteiger partial charge in [0.05, 0.1) is 12.7 Å². The van der Waals surface area contributed by atoms with Crippen LogP contribution < -0.4 is 0 Å². The zero-order valence-electron chi connectivity index (χ0n) is 7.59. The first kappa shape index (κ1) is 10.6. The fourth-order valence-electron chi connectivity index (χ4n) is 0.718. The highest BCUT2D eigenvalue weighted by atomic mass is 16.5. The van der Waals surface area contributed by atoms with Crippen molar-refractivity contribution in [1.82, 2.24) is 0 Å². The van der Waals surface area contributed by atoms with Crippen molar-refractivity contribution in [3.05, 3.63) is 0 Å². The molecule has 66 valence electrons. The van der Waals surface area contributed by atoms with Crippen molar-refractivity contribution in [2.24, 2.45) is 0 Å². The van der Waals surface area contributed by atoms with E-state index in [1.54, 1.807) is 14.0 Å². The van der Waals surface area contributed by atoms with E-state index >= 15 is 0 Å². The fourth-order valence-corrected chi connectivity index (χ4v) is 0.718. The summed E-state index contributed by atoms with van der Waals surface area (Å²) < 4.78 is 10.1. The van der Waals surface area contributed by atoms with Crippen molar-refractivity contribution in [1.29, 1.82) is 0 Å². The van der Waals surface area contributed by atoms with Gasteiger partial charge < -0.3 is 9.47 Å². The molecule has 0 fully saturated rings. The molecule has 0 rings (SSSR count). The monoisotopic (exact) mass is 160 g/mol. The molecule has 0 spiro atoms. The molecule has 0 aliphatic heterocycles. The predicted octanol–water partition coefficient (Wildman–Crippen LogP) is 1.02. The van der Waals surface area contributed by atoms with Gasteiger partial charge in [0, 0.05) is 7.11 Å². The first-order valence-corrected chi connectivity index (χ1v) is 3.72. The van der Waals surface area contributed by atoms with Gasteiger partial charge in [0.1, 0.15) is 6.10 Å². The van der Waals surface area contributed by atoms with Crippen LogP contribution in [0.2, 0.25) is 0 Å². The average molecular weight is 160 g/mol. The van der Waals surface area contributed by atoms with Gasteiger partial charge in [0.25, 0.3) is 0 Å². The number of ketones is 1. The van der Waals surface area contributed by atoms with E-state index in [9.17, 15) is 4.79 Å². The minimum atomic E-state index is -0.319. The number of carbonyl (C=O) groups is 1. The number of methoxy groups -OCH3 is 1.